The van der Waals surface area contributed by atoms with Crippen molar-refractivity contribution in [1.82, 2.24) is 5.32 Å². The van der Waals surface area contributed by atoms with Crippen LogP contribution in [0.1, 0.15) is 31.7 Å². The van der Waals surface area contributed by atoms with Crippen LogP contribution < -0.4 is 11.1 Å². The largest absolute Gasteiger partial charge is 0.465 e. The van der Waals surface area contributed by atoms with Gasteiger partial charge in [-0.25, -0.2) is 0 Å². The van der Waals surface area contributed by atoms with E-state index in [0.717, 1.165) is 5.56 Å². The molecule has 3 N–H and O–H groups in total. The van der Waals surface area contributed by atoms with Crippen molar-refractivity contribution >= 4 is 17.6 Å². The molecule has 1 atom stereocenters. The van der Waals surface area contributed by atoms with Crippen LogP contribution in [0.5, 0.6) is 0 Å². The quantitative estimate of drug-likeness (QED) is 0.601. The molecule has 0 radical (unpaired) electrons. The molecule has 1 aromatic rings. The predicted octanol–water partition coefficient (Wildman–Crippen LogP) is 1.44. The van der Waals surface area contributed by atoms with Crippen LogP contribution >= 0.6 is 0 Å². The normalized spacial score (nSPS) is 11.7. The lowest BCUT2D eigenvalue weighted by Crippen LogP contribution is -2.25. The van der Waals surface area contributed by atoms with E-state index in [-0.39, 0.29) is 24.9 Å². The number of esters is 1. The maximum Gasteiger partial charge on any atom is 0.313 e. The van der Waals surface area contributed by atoms with Crippen LogP contribution in [0, 0.1) is 0 Å². The topological polar surface area (TPSA) is 81.4 Å². The van der Waals surface area contributed by atoms with E-state index in [1.807, 2.05) is 13.0 Å². The summed E-state index contributed by atoms with van der Waals surface area (Å²) in [5.74, 6) is -0.862. The standard InChI is InChI=1S/C14H20N2O3/c1-3-16-13(17)7-8-19-14(18)10(2)11-5-4-6-12(15)9-11/h4-6,9-10H,3,7-8,15H2,1-2H3,(H,16,17). The van der Waals surface area contributed by atoms with Gasteiger partial charge in [-0.1, -0.05) is 12.1 Å². The van der Waals surface area contributed by atoms with E-state index in [2.05, 4.69) is 5.32 Å². The molecule has 1 unspecified atom stereocenters. The fourth-order valence-corrected chi connectivity index (χ4v) is 1.62. The highest BCUT2D eigenvalue weighted by molar-refractivity contribution is 5.79. The summed E-state index contributed by atoms with van der Waals surface area (Å²) in [7, 11) is 0. The van der Waals surface area contributed by atoms with Crippen LogP contribution in [-0.2, 0) is 14.3 Å². The molecule has 0 fully saturated rings. The number of hydrogen-bond donors (Lipinski definition) is 2. The Morgan fingerprint density at radius 2 is 2.16 bits per heavy atom. The van der Waals surface area contributed by atoms with Crippen molar-refractivity contribution in [3.8, 4) is 0 Å². The molecule has 5 nitrogen and oxygen atoms in total. The fourth-order valence-electron chi connectivity index (χ4n) is 1.62. The van der Waals surface area contributed by atoms with E-state index < -0.39 is 5.92 Å². The van der Waals surface area contributed by atoms with Gasteiger partial charge < -0.3 is 15.8 Å². The Hall–Kier alpha value is -2.04. The van der Waals surface area contributed by atoms with Gasteiger partial charge >= 0.3 is 5.97 Å². The second kappa shape index (κ2) is 7.41. The first kappa shape index (κ1) is 15.0. The van der Waals surface area contributed by atoms with E-state index in [1.165, 1.54) is 0 Å². The minimum absolute atomic E-state index is 0.0946. The van der Waals surface area contributed by atoms with E-state index in [0.29, 0.717) is 12.2 Å². The molecule has 5 heteroatoms. The van der Waals surface area contributed by atoms with E-state index in [1.54, 1.807) is 25.1 Å². The lowest BCUT2D eigenvalue weighted by atomic mass is 10.0. The van der Waals surface area contributed by atoms with Crippen LogP contribution in [0.4, 0.5) is 5.69 Å². The molecular formula is C14H20N2O3. The average Bonchev–Trinajstić information content (AvgIpc) is 2.38. The summed E-state index contributed by atoms with van der Waals surface area (Å²) in [6.07, 6.45) is 0.184. The summed E-state index contributed by atoms with van der Waals surface area (Å²) in [5.41, 5.74) is 7.08. The molecule has 19 heavy (non-hydrogen) atoms. The highest BCUT2D eigenvalue weighted by Crippen LogP contribution is 2.19. The van der Waals surface area contributed by atoms with E-state index in [9.17, 15) is 9.59 Å². The van der Waals surface area contributed by atoms with Gasteiger partial charge in [-0.15, -0.1) is 0 Å². The minimum Gasteiger partial charge on any atom is -0.465 e. The molecule has 104 valence electrons. The highest BCUT2D eigenvalue weighted by Gasteiger charge is 2.17. The van der Waals surface area contributed by atoms with Crippen LogP contribution in [0.15, 0.2) is 24.3 Å². The number of carbonyl (C=O) groups is 2. The number of carbonyl (C=O) groups excluding carboxylic acids is 2. The molecule has 0 aromatic heterocycles. The fraction of sp³-hybridized carbons (Fsp3) is 0.429. The average molecular weight is 264 g/mol. The van der Waals surface area contributed by atoms with Gasteiger partial charge in [0, 0.05) is 12.2 Å². The maximum atomic E-state index is 11.8. The molecular weight excluding hydrogens is 244 g/mol. The molecule has 1 aromatic carbocycles. The smallest absolute Gasteiger partial charge is 0.313 e. The lowest BCUT2D eigenvalue weighted by Gasteiger charge is -2.12. The molecule has 0 bridgehead atoms. The zero-order valence-corrected chi connectivity index (χ0v) is 11.3. The van der Waals surface area contributed by atoms with Gasteiger partial charge in [0.2, 0.25) is 5.91 Å². The van der Waals surface area contributed by atoms with Crippen LogP contribution in [0.2, 0.25) is 0 Å². The Balaban J connectivity index is 2.43. The summed E-state index contributed by atoms with van der Waals surface area (Å²) in [5, 5.41) is 2.64. The van der Waals surface area contributed by atoms with Gasteiger partial charge in [-0.3, -0.25) is 9.59 Å². The second-order valence-electron chi connectivity index (χ2n) is 4.26. The number of ether oxygens (including phenoxy) is 1. The Morgan fingerprint density at radius 3 is 2.79 bits per heavy atom. The first-order valence-electron chi connectivity index (χ1n) is 6.33. The number of nitrogen functional groups attached to an aromatic ring is 1. The van der Waals surface area contributed by atoms with E-state index >= 15 is 0 Å². The molecule has 0 saturated carbocycles. The number of hydrogen-bond acceptors (Lipinski definition) is 4. The summed E-state index contributed by atoms with van der Waals surface area (Å²) in [4.78, 5) is 23.0. The van der Waals surface area contributed by atoms with Crippen molar-refractivity contribution in [2.24, 2.45) is 0 Å². The van der Waals surface area contributed by atoms with Crippen molar-refractivity contribution in [3.63, 3.8) is 0 Å². The molecule has 0 heterocycles. The van der Waals surface area contributed by atoms with Gasteiger partial charge in [-0.2, -0.15) is 0 Å². The third-order valence-corrected chi connectivity index (χ3v) is 2.71. The van der Waals surface area contributed by atoms with Crippen molar-refractivity contribution in [3.05, 3.63) is 29.8 Å². The number of amides is 1. The zero-order valence-electron chi connectivity index (χ0n) is 11.3. The highest BCUT2D eigenvalue weighted by atomic mass is 16.5. The van der Waals surface area contributed by atoms with E-state index in [4.69, 9.17) is 10.5 Å². The Bertz CT molecular complexity index is 446. The Morgan fingerprint density at radius 1 is 1.42 bits per heavy atom. The van der Waals surface area contributed by atoms with Crippen molar-refractivity contribution in [2.45, 2.75) is 26.2 Å². The number of nitrogens with two attached hydrogens (primary N) is 1. The Labute approximate surface area is 113 Å². The number of anilines is 1. The van der Waals surface area contributed by atoms with Gasteiger partial charge in [0.05, 0.1) is 12.3 Å². The van der Waals surface area contributed by atoms with Gasteiger partial charge in [-0.05, 0) is 31.5 Å². The molecule has 0 spiro atoms. The molecule has 1 amide bonds. The van der Waals surface area contributed by atoms with Gasteiger partial charge in [0.1, 0.15) is 6.61 Å². The number of rotatable bonds is 6. The molecule has 0 aliphatic heterocycles. The first-order chi connectivity index (χ1) is 9.04. The predicted molar refractivity (Wildman–Crippen MR) is 73.5 cm³/mol. The number of benzene rings is 1. The van der Waals surface area contributed by atoms with Crippen molar-refractivity contribution < 1.29 is 14.3 Å². The Kier molecular flexibility index (Phi) is 5.85. The minimum atomic E-state index is -0.391. The third-order valence-electron chi connectivity index (χ3n) is 2.71. The van der Waals surface area contributed by atoms with Gasteiger partial charge in [0.25, 0.3) is 0 Å². The molecule has 1 rings (SSSR count). The maximum absolute atomic E-state index is 11.8. The van der Waals surface area contributed by atoms with Crippen LogP contribution in [-0.4, -0.2) is 25.0 Å². The summed E-state index contributed by atoms with van der Waals surface area (Å²) >= 11 is 0. The van der Waals surface area contributed by atoms with Gasteiger partial charge in [0.15, 0.2) is 0 Å². The summed E-state index contributed by atoms with van der Waals surface area (Å²) in [6.45, 7) is 4.26. The molecule has 0 aliphatic carbocycles. The third kappa shape index (κ3) is 4.99. The molecule has 0 saturated heterocycles. The van der Waals surface area contributed by atoms with Crippen LogP contribution in [0.3, 0.4) is 0 Å². The van der Waals surface area contributed by atoms with Crippen molar-refractivity contribution in [2.75, 3.05) is 18.9 Å². The molecule has 0 aliphatic rings. The van der Waals surface area contributed by atoms with Crippen molar-refractivity contribution in [1.29, 1.82) is 0 Å². The first-order valence-corrected chi connectivity index (χ1v) is 6.33. The summed E-state index contributed by atoms with van der Waals surface area (Å²) < 4.78 is 5.07. The second-order valence-corrected chi connectivity index (χ2v) is 4.26. The zero-order chi connectivity index (χ0) is 14.3. The van der Waals surface area contributed by atoms with Crippen LogP contribution in [0.25, 0.3) is 0 Å². The lowest BCUT2D eigenvalue weighted by molar-refractivity contribution is -0.145. The SMILES string of the molecule is CCNC(=O)CCOC(=O)C(C)c1cccc(N)c1. The summed E-state index contributed by atoms with van der Waals surface area (Å²) in [6, 6.07) is 7.13. The number of nitrogens with one attached hydrogen (secondary N) is 1. The monoisotopic (exact) mass is 264 g/mol.